The van der Waals surface area contributed by atoms with Gasteiger partial charge >= 0.3 is 0 Å². The smallest absolute Gasteiger partial charge is 0.261 e. The topological polar surface area (TPSA) is 87.7 Å². The van der Waals surface area contributed by atoms with Crippen molar-refractivity contribution in [1.82, 2.24) is 15.5 Å². The first-order valence-corrected chi connectivity index (χ1v) is 9.19. The number of nitrogens with one attached hydrogen (secondary N) is 2. The van der Waals surface area contributed by atoms with E-state index in [2.05, 4.69) is 10.6 Å². The first kappa shape index (κ1) is 18.2. The average molecular weight is 379 g/mol. The molecule has 0 aliphatic carbocycles. The summed E-state index contributed by atoms with van der Waals surface area (Å²) >= 11 is 0. The van der Waals surface area contributed by atoms with Crippen LogP contribution in [-0.2, 0) is 6.54 Å². The zero-order valence-corrected chi connectivity index (χ0v) is 15.5. The van der Waals surface area contributed by atoms with Crippen molar-refractivity contribution in [2.24, 2.45) is 5.92 Å². The Hall–Kier alpha value is -3.19. The lowest BCUT2D eigenvalue weighted by Gasteiger charge is -2.27. The summed E-state index contributed by atoms with van der Waals surface area (Å²) in [6.07, 6.45) is 0. The van der Waals surface area contributed by atoms with Crippen LogP contribution in [0.1, 0.15) is 36.6 Å². The van der Waals surface area contributed by atoms with E-state index >= 15 is 0 Å². The zero-order chi connectivity index (χ0) is 19.7. The zero-order valence-electron chi connectivity index (χ0n) is 15.5. The van der Waals surface area contributed by atoms with Gasteiger partial charge in [0.1, 0.15) is 5.75 Å². The number of ether oxygens (including phenoxy) is 1. The summed E-state index contributed by atoms with van der Waals surface area (Å²) in [5.41, 5.74) is 1.90. The third-order valence-corrected chi connectivity index (χ3v) is 5.14. The van der Waals surface area contributed by atoms with E-state index in [0.29, 0.717) is 40.5 Å². The second-order valence-electron chi connectivity index (χ2n) is 7.01. The summed E-state index contributed by atoms with van der Waals surface area (Å²) in [6, 6.07) is 11.9. The van der Waals surface area contributed by atoms with Crippen molar-refractivity contribution in [2.45, 2.75) is 6.54 Å². The molecule has 2 aromatic carbocycles. The Labute approximate surface area is 162 Å². The third-order valence-electron chi connectivity index (χ3n) is 5.14. The number of hydrogen-bond donors (Lipinski definition) is 2. The Morgan fingerprint density at radius 1 is 1.14 bits per heavy atom. The number of benzene rings is 2. The second-order valence-corrected chi connectivity index (χ2v) is 7.01. The molecule has 2 heterocycles. The van der Waals surface area contributed by atoms with Gasteiger partial charge in [0.15, 0.2) is 0 Å². The van der Waals surface area contributed by atoms with Crippen LogP contribution < -0.4 is 15.4 Å². The van der Waals surface area contributed by atoms with Crippen molar-refractivity contribution in [1.29, 1.82) is 0 Å². The lowest BCUT2D eigenvalue weighted by Crippen LogP contribution is -2.48. The predicted molar refractivity (Wildman–Crippen MR) is 102 cm³/mol. The maximum absolute atomic E-state index is 12.6. The Morgan fingerprint density at radius 3 is 2.39 bits per heavy atom. The quantitative estimate of drug-likeness (QED) is 0.742. The van der Waals surface area contributed by atoms with E-state index in [9.17, 15) is 14.4 Å². The van der Waals surface area contributed by atoms with E-state index in [1.165, 1.54) is 12.0 Å². The van der Waals surface area contributed by atoms with Gasteiger partial charge < -0.3 is 15.4 Å². The molecule has 0 atom stereocenters. The Balaban J connectivity index is 1.53. The summed E-state index contributed by atoms with van der Waals surface area (Å²) in [5, 5.41) is 6.09. The molecule has 2 N–H and O–H groups in total. The Morgan fingerprint density at radius 2 is 1.82 bits per heavy atom. The number of carbonyl (C=O) groups is 3. The number of fused-ring (bicyclic) bond motifs is 1. The molecule has 0 aromatic heterocycles. The molecule has 4 rings (SSSR count). The first-order valence-electron chi connectivity index (χ1n) is 9.19. The van der Waals surface area contributed by atoms with Crippen molar-refractivity contribution in [3.05, 3.63) is 64.7 Å². The lowest BCUT2D eigenvalue weighted by atomic mass is 10.0. The lowest BCUT2D eigenvalue weighted by molar-refractivity contribution is 0.0642. The van der Waals surface area contributed by atoms with Gasteiger partial charge in [0.05, 0.1) is 30.3 Å². The first-order chi connectivity index (χ1) is 13.6. The molecule has 2 aliphatic rings. The second kappa shape index (κ2) is 7.44. The fourth-order valence-electron chi connectivity index (χ4n) is 3.42. The molecule has 0 unspecified atom stereocenters. The van der Waals surface area contributed by atoms with Gasteiger partial charge in [-0.25, -0.2) is 0 Å². The van der Waals surface area contributed by atoms with Crippen LogP contribution >= 0.6 is 0 Å². The molecule has 0 bridgehead atoms. The number of hydrogen-bond acceptors (Lipinski definition) is 5. The van der Waals surface area contributed by atoms with Crippen molar-refractivity contribution in [3.63, 3.8) is 0 Å². The highest BCUT2D eigenvalue weighted by Gasteiger charge is 2.35. The minimum absolute atomic E-state index is 0.100. The normalized spacial score (nSPS) is 16.0. The molecule has 7 heteroatoms. The minimum atomic E-state index is -0.320. The monoisotopic (exact) mass is 379 g/mol. The highest BCUT2D eigenvalue weighted by atomic mass is 16.5. The fraction of sp³-hybridized carbons (Fsp3) is 0.286. The molecule has 2 aliphatic heterocycles. The fourth-order valence-corrected chi connectivity index (χ4v) is 3.42. The van der Waals surface area contributed by atoms with Crippen LogP contribution in [0.15, 0.2) is 42.5 Å². The maximum atomic E-state index is 12.6. The third kappa shape index (κ3) is 3.25. The predicted octanol–water partition coefficient (Wildman–Crippen LogP) is 1.44. The van der Waals surface area contributed by atoms with Gasteiger partial charge in [0.25, 0.3) is 17.7 Å². The van der Waals surface area contributed by atoms with Crippen LogP contribution in [0.2, 0.25) is 0 Å². The average Bonchev–Trinajstić information content (AvgIpc) is 2.92. The van der Waals surface area contributed by atoms with Gasteiger partial charge in [-0.2, -0.15) is 0 Å². The van der Waals surface area contributed by atoms with Crippen LogP contribution in [0.25, 0.3) is 0 Å². The molecule has 0 spiro atoms. The van der Waals surface area contributed by atoms with E-state index in [0.717, 1.165) is 13.1 Å². The highest BCUT2D eigenvalue weighted by Crippen LogP contribution is 2.26. The number of imide groups is 1. The molecule has 2 aromatic rings. The Bertz CT molecular complexity index is 917. The van der Waals surface area contributed by atoms with Crippen molar-refractivity contribution in [3.8, 4) is 5.75 Å². The van der Waals surface area contributed by atoms with Crippen LogP contribution in [0.5, 0.6) is 5.75 Å². The van der Waals surface area contributed by atoms with Crippen molar-refractivity contribution < 1.29 is 19.1 Å². The molecular weight excluding hydrogens is 358 g/mol. The van der Waals surface area contributed by atoms with Crippen LogP contribution in [0, 0.1) is 5.92 Å². The van der Waals surface area contributed by atoms with E-state index in [1.807, 2.05) is 0 Å². The SMILES string of the molecule is COc1ccc(CN2C(=O)c3ccccc3C2=O)cc1C(=O)NCC1CNC1. The number of methoxy groups -OCH3 is 1. The highest BCUT2D eigenvalue weighted by molar-refractivity contribution is 6.21. The largest absolute Gasteiger partial charge is 0.496 e. The van der Waals surface area contributed by atoms with Gasteiger partial charge in [0.2, 0.25) is 0 Å². The van der Waals surface area contributed by atoms with E-state index in [1.54, 1.807) is 42.5 Å². The summed E-state index contributed by atoms with van der Waals surface area (Å²) in [6.45, 7) is 2.50. The van der Waals surface area contributed by atoms with Crippen LogP contribution in [-0.4, -0.2) is 49.4 Å². The van der Waals surface area contributed by atoms with Crippen LogP contribution in [0.4, 0.5) is 0 Å². The molecule has 7 nitrogen and oxygen atoms in total. The summed E-state index contributed by atoms with van der Waals surface area (Å²) in [5.74, 6) is 0.0274. The molecule has 0 radical (unpaired) electrons. The number of nitrogens with zero attached hydrogens (tertiary/aromatic N) is 1. The van der Waals surface area contributed by atoms with E-state index < -0.39 is 0 Å². The molecule has 1 saturated heterocycles. The molecular formula is C21H21N3O4. The summed E-state index contributed by atoms with van der Waals surface area (Å²) < 4.78 is 5.31. The minimum Gasteiger partial charge on any atom is -0.496 e. The molecule has 0 saturated carbocycles. The maximum Gasteiger partial charge on any atom is 0.261 e. The Kier molecular flexibility index (Phi) is 4.83. The number of carbonyl (C=O) groups excluding carboxylic acids is 3. The number of rotatable bonds is 6. The van der Waals surface area contributed by atoms with Gasteiger partial charge in [0, 0.05) is 25.6 Å². The summed E-state index contributed by atoms with van der Waals surface area (Å²) in [4.78, 5) is 38.9. The van der Waals surface area contributed by atoms with Gasteiger partial charge in [-0.05, 0) is 29.8 Å². The van der Waals surface area contributed by atoms with E-state index in [-0.39, 0.29) is 24.3 Å². The standard InChI is InChI=1S/C21H21N3O4/c1-28-18-7-6-13(8-17(18)19(25)23-11-14-9-22-10-14)12-24-20(26)15-4-2-3-5-16(15)21(24)27/h2-8,14,22H,9-12H2,1H3,(H,23,25). The van der Waals surface area contributed by atoms with Gasteiger partial charge in [-0.1, -0.05) is 18.2 Å². The van der Waals surface area contributed by atoms with Gasteiger partial charge in [-0.15, -0.1) is 0 Å². The molecule has 144 valence electrons. The van der Waals surface area contributed by atoms with Crippen molar-refractivity contribution in [2.75, 3.05) is 26.7 Å². The summed E-state index contributed by atoms with van der Waals surface area (Å²) in [7, 11) is 1.51. The molecule has 28 heavy (non-hydrogen) atoms. The molecule has 1 fully saturated rings. The van der Waals surface area contributed by atoms with E-state index in [4.69, 9.17) is 4.74 Å². The van der Waals surface area contributed by atoms with Gasteiger partial charge in [-0.3, -0.25) is 19.3 Å². The molecule has 3 amide bonds. The van der Waals surface area contributed by atoms with Crippen LogP contribution in [0.3, 0.4) is 0 Å². The van der Waals surface area contributed by atoms with Crippen molar-refractivity contribution >= 4 is 17.7 Å². The number of amides is 3.